The third-order valence-electron chi connectivity index (χ3n) is 2.58. The average molecular weight is 293 g/mol. The number of hydrogen-bond donors (Lipinski definition) is 3. The van der Waals surface area contributed by atoms with Gasteiger partial charge in [-0.15, -0.1) is 0 Å². The molecule has 4 N–H and O–H groups in total. The van der Waals surface area contributed by atoms with Crippen LogP contribution in [0, 0.1) is 11.2 Å². The fourth-order valence-electron chi connectivity index (χ4n) is 1.69. The smallest absolute Gasteiger partial charge is 0.395 e. The molecular formula is C12H15F4N3O. The highest BCUT2D eigenvalue weighted by molar-refractivity contribution is 5.94. The number of alkyl halides is 3. The fourth-order valence-corrected chi connectivity index (χ4v) is 1.69. The summed E-state index contributed by atoms with van der Waals surface area (Å²) in [6, 6.07) is 3.65. The highest BCUT2D eigenvalue weighted by Crippen LogP contribution is 2.19. The summed E-state index contributed by atoms with van der Waals surface area (Å²) in [7, 11) is 0. The fraction of sp³-hybridized carbons (Fsp3) is 0.417. The summed E-state index contributed by atoms with van der Waals surface area (Å²) in [4.78, 5) is 0.895. The highest BCUT2D eigenvalue weighted by atomic mass is 19.4. The zero-order chi connectivity index (χ0) is 15.3. The molecule has 0 aliphatic rings. The molecule has 0 radical (unpaired) electrons. The number of amidine groups is 1. The van der Waals surface area contributed by atoms with Crippen molar-refractivity contribution >= 4 is 5.84 Å². The maximum atomic E-state index is 13.7. The van der Waals surface area contributed by atoms with E-state index in [4.69, 9.17) is 16.2 Å². The first-order chi connectivity index (χ1) is 9.23. The SMILES string of the molecule is N=C(N)c1ccc(CN(CCO)CC(F)(F)F)c(F)c1. The largest absolute Gasteiger partial charge is 0.401 e. The van der Waals surface area contributed by atoms with E-state index in [-0.39, 0.29) is 30.1 Å². The van der Waals surface area contributed by atoms with Crippen molar-refractivity contribution in [2.24, 2.45) is 5.73 Å². The molecule has 0 unspecified atom stereocenters. The molecule has 0 heterocycles. The number of aliphatic hydroxyl groups is 1. The minimum atomic E-state index is -4.43. The van der Waals surface area contributed by atoms with Gasteiger partial charge in [0.25, 0.3) is 0 Å². The van der Waals surface area contributed by atoms with Gasteiger partial charge in [-0.2, -0.15) is 13.2 Å². The molecule has 0 saturated heterocycles. The third kappa shape index (κ3) is 5.14. The van der Waals surface area contributed by atoms with E-state index in [1.54, 1.807) is 0 Å². The molecule has 0 aliphatic carbocycles. The molecule has 0 atom stereocenters. The molecule has 0 spiro atoms. The van der Waals surface area contributed by atoms with Crippen molar-refractivity contribution in [1.29, 1.82) is 5.41 Å². The van der Waals surface area contributed by atoms with E-state index >= 15 is 0 Å². The summed E-state index contributed by atoms with van der Waals surface area (Å²) in [5.74, 6) is -1.05. The number of halogens is 4. The quantitative estimate of drug-likeness (QED) is 0.422. The van der Waals surface area contributed by atoms with Crippen molar-refractivity contribution in [2.45, 2.75) is 12.7 Å². The molecule has 0 aliphatic heterocycles. The molecule has 4 nitrogen and oxygen atoms in total. The van der Waals surface area contributed by atoms with E-state index < -0.39 is 25.1 Å². The normalized spacial score (nSPS) is 11.9. The first kappa shape index (κ1) is 16.4. The minimum Gasteiger partial charge on any atom is -0.395 e. The van der Waals surface area contributed by atoms with Gasteiger partial charge < -0.3 is 10.8 Å². The Labute approximate surface area is 113 Å². The zero-order valence-electron chi connectivity index (χ0n) is 10.5. The summed E-state index contributed by atoms with van der Waals surface area (Å²) in [6.07, 6.45) is -4.43. The van der Waals surface area contributed by atoms with Gasteiger partial charge >= 0.3 is 6.18 Å². The molecule has 0 bridgehead atoms. The second-order valence-electron chi connectivity index (χ2n) is 4.27. The summed E-state index contributed by atoms with van der Waals surface area (Å²) in [5, 5.41) is 15.9. The molecule has 0 saturated carbocycles. The number of aliphatic hydroxyl groups excluding tert-OH is 1. The molecule has 0 fully saturated rings. The van der Waals surface area contributed by atoms with Crippen LogP contribution >= 0.6 is 0 Å². The molecule has 0 aromatic heterocycles. The van der Waals surface area contributed by atoms with Crippen LogP contribution in [0.3, 0.4) is 0 Å². The van der Waals surface area contributed by atoms with Crippen molar-refractivity contribution in [2.75, 3.05) is 19.7 Å². The van der Waals surface area contributed by atoms with Crippen LogP contribution in [-0.4, -0.2) is 41.7 Å². The Balaban J connectivity index is 2.85. The molecule has 20 heavy (non-hydrogen) atoms. The summed E-state index contributed by atoms with van der Waals surface area (Å²) in [6.45, 7) is -2.19. The first-order valence-electron chi connectivity index (χ1n) is 5.75. The van der Waals surface area contributed by atoms with Gasteiger partial charge in [-0.3, -0.25) is 10.3 Å². The van der Waals surface area contributed by atoms with Gasteiger partial charge in [0.1, 0.15) is 11.7 Å². The number of rotatable bonds is 6. The van der Waals surface area contributed by atoms with Crippen LogP contribution in [-0.2, 0) is 6.54 Å². The maximum absolute atomic E-state index is 13.7. The lowest BCUT2D eigenvalue weighted by Crippen LogP contribution is -2.36. The van der Waals surface area contributed by atoms with Gasteiger partial charge in [0.05, 0.1) is 13.2 Å². The van der Waals surface area contributed by atoms with Crippen LogP contribution < -0.4 is 5.73 Å². The van der Waals surface area contributed by atoms with E-state index in [0.717, 1.165) is 11.0 Å². The standard InChI is InChI=1S/C12H15F4N3O/c13-10-5-8(11(17)18)1-2-9(10)6-19(3-4-20)7-12(14,15)16/h1-2,5,20H,3-4,6-7H2,(H3,17,18). The van der Waals surface area contributed by atoms with Crippen molar-refractivity contribution in [3.05, 3.63) is 35.1 Å². The summed E-state index contributed by atoms with van der Waals surface area (Å²) >= 11 is 0. The van der Waals surface area contributed by atoms with Crippen molar-refractivity contribution in [1.82, 2.24) is 4.90 Å². The molecule has 1 rings (SSSR count). The number of nitrogens with two attached hydrogens (primary N) is 1. The highest BCUT2D eigenvalue weighted by Gasteiger charge is 2.30. The lowest BCUT2D eigenvalue weighted by molar-refractivity contribution is -0.148. The second-order valence-corrected chi connectivity index (χ2v) is 4.27. The van der Waals surface area contributed by atoms with Crippen molar-refractivity contribution in [3.63, 3.8) is 0 Å². The Kier molecular flexibility index (Phi) is 5.46. The number of nitrogens with one attached hydrogen (secondary N) is 1. The first-order valence-corrected chi connectivity index (χ1v) is 5.75. The Bertz CT molecular complexity index is 476. The van der Waals surface area contributed by atoms with Crippen LogP contribution in [0.25, 0.3) is 0 Å². The van der Waals surface area contributed by atoms with Crippen LogP contribution in [0.1, 0.15) is 11.1 Å². The molecule has 8 heteroatoms. The molecule has 1 aromatic rings. The second kappa shape index (κ2) is 6.67. The van der Waals surface area contributed by atoms with E-state index in [9.17, 15) is 17.6 Å². The van der Waals surface area contributed by atoms with Gasteiger partial charge in [-0.25, -0.2) is 4.39 Å². The number of hydrogen-bond acceptors (Lipinski definition) is 3. The molecule has 0 amide bonds. The number of nitrogens with zero attached hydrogens (tertiary/aromatic N) is 1. The van der Waals surface area contributed by atoms with E-state index in [2.05, 4.69) is 0 Å². The molecular weight excluding hydrogens is 278 g/mol. The van der Waals surface area contributed by atoms with Crippen LogP contribution in [0.5, 0.6) is 0 Å². The van der Waals surface area contributed by atoms with Gasteiger partial charge in [-0.1, -0.05) is 12.1 Å². The van der Waals surface area contributed by atoms with Gasteiger partial charge in [0.15, 0.2) is 0 Å². The van der Waals surface area contributed by atoms with E-state index in [1.165, 1.54) is 12.1 Å². The summed E-state index contributed by atoms with van der Waals surface area (Å²) < 4.78 is 50.7. The van der Waals surface area contributed by atoms with Crippen molar-refractivity contribution in [3.8, 4) is 0 Å². The summed E-state index contributed by atoms with van der Waals surface area (Å²) in [5.41, 5.74) is 5.40. The lowest BCUT2D eigenvalue weighted by Gasteiger charge is -2.23. The average Bonchev–Trinajstić information content (AvgIpc) is 2.29. The third-order valence-corrected chi connectivity index (χ3v) is 2.58. The Morgan fingerprint density at radius 2 is 2.00 bits per heavy atom. The lowest BCUT2D eigenvalue weighted by atomic mass is 10.1. The molecule has 1 aromatic carbocycles. The Morgan fingerprint density at radius 3 is 2.45 bits per heavy atom. The zero-order valence-corrected chi connectivity index (χ0v) is 10.5. The van der Waals surface area contributed by atoms with Crippen LogP contribution in [0.2, 0.25) is 0 Å². The van der Waals surface area contributed by atoms with E-state index in [0.29, 0.717) is 0 Å². The topological polar surface area (TPSA) is 73.3 Å². The Hall–Kier alpha value is -1.67. The number of nitrogen functional groups attached to an aromatic ring is 1. The minimum absolute atomic E-state index is 0.0488. The van der Waals surface area contributed by atoms with Gasteiger partial charge in [0, 0.05) is 24.2 Å². The predicted octanol–water partition coefficient (Wildman–Crippen LogP) is 1.47. The van der Waals surface area contributed by atoms with Crippen LogP contribution in [0.4, 0.5) is 17.6 Å². The Morgan fingerprint density at radius 1 is 1.35 bits per heavy atom. The molecule has 112 valence electrons. The monoisotopic (exact) mass is 293 g/mol. The van der Waals surface area contributed by atoms with Crippen LogP contribution in [0.15, 0.2) is 18.2 Å². The van der Waals surface area contributed by atoms with Gasteiger partial charge in [-0.05, 0) is 6.07 Å². The van der Waals surface area contributed by atoms with Crippen molar-refractivity contribution < 1.29 is 22.7 Å². The predicted molar refractivity (Wildman–Crippen MR) is 65.8 cm³/mol. The maximum Gasteiger partial charge on any atom is 0.401 e. The van der Waals surface area contributed by atoms with E-state index in [1.807, 2.05) is 0 Å². The van der Waals surface area contributed by atoms with Gasteiger partial charge in [0.2, 0.25) is 0 Å². The number of benzene rings is 1.